The lowest BCUT2D eigenvalue weighted by Gasteiger charge is -2.26. The maximum atomic E-state index is 5.54. The molecule has 1 aliphatic heterocycles. The molecule has 2 rings (SSSR count). The number of ether oxygens (including phenoxy) is 1. The summed E-state index contributed by atoms with van der Waals surface area (Å²) in [5.41, 5.74) is 4.09. The second-order valence-corrected chi connectivity index (χ2v) is 4.72. The zero-order chi connectivity index (χ0) is 11.5. The van der Waals surface area contributed by atoms with Crippen molar-refractivity contribution in [2.45, 2.75) is 32.6 Å². The molecular weight excluding hydrogens is 198 g/mol. The van der Waals surface area contributed by atoms with Gasteiger partial charge >= 0.3 is 0 Å². The summed E-state index contributed by atoms with van der Waals surface area (Å²) < 4.78 is 5.54. The van der Waals surface area contributed by atoms with Gasteiger partial charge in [-0.1, -0.05) is 6.07 Å². The average molecular weight is 219 g/mol. The van der Waals surface area contributed by atoms with Gasteiger partial charge in [-0.15, -0.1) is 0 Å². The third-order valence-electron chi connectivity index (χ3n) is 3.46. The molecule has 0 spiro atoms. The van der Waals surface area contributed by atoms with Crippen molar-refractivity contribution in [3.63, 3.8) is 0 Å². The molecule has 0 bridgehead atoms. The standard InChI is InChI=1S/C14H21NO/c1-10-8-11(2)14(13(9-10)16-3)12-4-6-15-7-5-12/h8-9,12,15H,4-7H2,1-3H3. The fourth-order valence-electron chi connectivity index (χ4n) is 2.74. The third-order valence-corrected chi connectivity index (χ3v) is 3.46. The van der Waals surface area contributed by atoms with Gasteiger partial charge in [0.2, 0.25) is 0 Å². The molecule has 1 heterocycles. The second kappa shape index (κ2) is 4.88. The predicted molar refractivity (Wildman–Crippen MR) is 67.3 cm³/mol. The van der Waals surface area contributed by atoms with Crippen LogP contribution in [0.3, 0.4) is 0 Å². The van der Waals surface area contributed by atoms with E-state index in [0.717, 1.165) is 18.8 Å². The topological polar surface area (TPSA) is 21.3 Å². The summed E-state index contributed by atoms with van der Waals surface area (Å²) in [6.45, 7) is 6.58. The summed E-state index contributed by atoms with van der Waals surface area (Å²) in [4.78, 5) is 0. The molecule has 2 heteroatoms. The molecule has 1 fully saturated rings. The fraction of sp³-hybridized carbons (Fsp3) is 0.571. The minimum absolute atomic E-state index is 0.664. The molecule has 1 aromatic rings. The minimum atomic E-state index is 0.664. The molecule has 0 aliphatic carbocycles. The van der Waals surface area contributed by atoms with Crippen LogP contribution in [0.2, 0.25) is 0 Å². The van der Waals surface area contributed by atoms with Crippen LogP contribution in [-0.2, 0) is 0 Å². The summed E-state index contributed by atoms with van der Waals surface area (Å²) in [6, 6.07) is 4.42. The molecule has 0 aromatic heterocycles. The number of benzene rings is 1. The van der Waals surface area contributed by atoms with Crippen molar-refractivity contribution in [1.82, 2.24) is 5.32 Å². The largest absolute Gasteiger partial charge is 0.496 e. The number of rotatable bonds is 2. The highest BCUT2D eigenvalue weighted by atomic mass is 16.5. The molecule has 0 saturated carbocycles. The first-order chi connectivity index (χ1) is 7.72. The lowest BCUT2D eigenvalue weighted by Crippen LogP contribution is -2.27. The van der Waals surface area contributed by atoms with Gasteiger partial charge in [0.25, 0.3) is 0 Å². The van der Waals surface area contributed by atoms with Crippen LogP contribution in [0.25, 0.3) is 0 Å². The van der Waals surface area contributed by atoms with Gasteiger partial charge in [-0.05, 0) is 62.9 Å². The van der Waals surface area contributed by atoms with Crippen LogP contribution in [0.1, 0.15) is 35.4 Å². The number of hydrogen-bond acceptors (Lipinski definition) is 2. The lowest BCUT2D eigenvalue weighted by atomic mass is 9.86. The second-order valence-electron chi connectivity index (χ2n) is 4.72. The van der Waals surface area contributed by atoms with Gasteiger partial charge in [0.1, 0.15) is 5.75 Å². The van der Waals surface area contributed by atoms with E-state index in [4.69, 9.17) is 4.74 Å². The number of hydrogen-bond donors (Lipinski definition) is 1. The van der Waals surface area contributed by atoms with E-state index in [1.54, 1.807) is 7.11 Å². The van der Waals surface area contributed by atoms with Gasteiger partial charge in [-0.3, -0.25) is 0 Å². The van der Waals surface area contributed by atoms with E-state index in [0.29, 0.717) is 5.92 Å². The Labute approximate surface area is 98.0 Å². The number of piperidine rings is 1. The van der Waals surface area contributed by atoms with Crippen LogP contribution in [0.5, 0.6) is 5.75 Å². The van der Waals surface area contributed by atoms with Crippen molar-refractivity contribution in [2.75, 3.05) is 20.2 Å². The first kappa shape index (κ1) is 11.5. The molecule has 16 heavy (non-hydrogen) atoms. The number of methoxy groups -OCH3 is 1. The highest BCUT2D eigenvalue weighted by Gasteiger charge is 2.20. The monoisotopic (exact) mass is 219 g/mol. The Morgan fingerprint density at radius 1 is 1.19 bits per heavy atom. The Balaban J connectivity index is 2.37. The molecule has 88 valence electrons. The summed E-state index contributed by atoms with van der Waals surface area (Å²) in [6.07, 6.45) is 2.44. The van der Waals surface area contributed by atoms with Gasteiger partial charge in [0.15, 0.2) is 0 Å². The van der Waals surface area contributed by atoms with Crippen molar-refractivity contribution in [3.8, 4) is 5.75 Å². The fourth-order valence-corrected chi connectivity index (χ4v) is 2.74. The smallest absolute Gasteiger partial charge is 0.122 e. The van der Waals surface area contributed by atoms with E-state index in [1.165, 1.54) is 29.5 Å². The van der Waals surface area contributed by atoms with Crippen molar-refractivity contribution in [2.24, 2.45) is 0 Å². The molecule has 0 amide bonds. The van der Waals surface area contributed by atoms with Crippen LogP contribution in [-0.4, -0.2) is 20.2 Å². The van der Waals surface area contributed by atoms with Crippen LogP contribution < -0.4 is 10.1 Å². The van der Waals surface area contributed by atoms with E-state index in [9.17, 15) is 0 Å². The van der Waals surface area contributed by atoms with E-state index >= 15 is 0 Å². The van der Waals surface area contributed by atoms with Crippen molar-refractivity contribution >= 4 is 0 Å². The van der Waals surface area contributed by atoms with Crippen LogP contribution in [0.4, 0.5) is 0 Å². The molecule has 2 nitrogen and oxygen atoms in total. The average Bonchev–Trinajstić information content (AvgIpc) is 2.29. The Kier molecular flexibility index (Phi) is 3.49. The molecule has 0 unspecified atom stereocenters. The van der Waals surface area contributed by atoms with E-state index < -0.39 is 0 Å². The van der Waals surface area contributed by atoms with Crippen molar-refractivity contribution in [1.29, 1.82) is 0 Å². The molecule has 1 aliphatic rings. The quantitative estimate of drug-likeness (QED) is 0.826. The van der Waals surface area contributed by atoms with E-state index in [1.807, 2.05) is 0 Å². The van der Waals surface area contributed by atoms with E-state index in [2.05, 4.69) is 31.3 Å². The van der Waals surface area contributed by atoms with Gasteiger partial charge in [0.05, 0.1) is 7.11 Å². The molecule has 0 radical (unpaired) electrons. The Morgan fingerprint density at radius 2 is 1.88 bits per heavy atom. The molecular formula is C14H21NO. The van der Waals surface area contributed by atoms with Gasteiger partial charge in [-0.2, -0.15) is 0 Å². The van der Waals surface area contributed by atoms with Gasteiger partial charge < -0.3 is 10.1 Å². The lowest BCUT2D eigenvalue weighted by molar-refractivity contribution is 0.390. The first-order valence-electron chi connectivity index (χ1n) is 6.08. The zero-order valence-electron chi connectivity index (χ0n) is 10.5. The Morgan fingerprint density at radius 3 is 2.50 bits per heavy atom. The zero-order valence-corrected chi connectivity index (χ0v) is 10.5. The highest BCUT2D eigenvalue weighted by Crippen LogP contribution is 2.35. The number of nitrogens with one attached hydrogen (secondary N) is 1. The normalized spacial score (nSPS) is 17.4. The van der Waals surface area contributed by atoms with Gasteiger partial charge in [0, 0.05) is 5.56 Å². The first-order valence-corrected chi connectivity index (χ1v) is 6.08. The summed E-state index contributed by atoms with van der Waals surface area (Å²) in [5.74, 6) is 1.74. The Hall–Kier alpha value is -1.02. The van der Waals surface area contributed by atoms with Crippen LogP contribution in [0, 0.1) is 13.8 Å². The van der Waals surface area contributed by atoms with Crippen LogP contribution in [0.15, 0.2) is 12.1 Å². The summed E-state index contributed by atoms with van der Waals surface area (Å²) >= 11 is 0. The van der Waals surface area contributed by atoms with E-state index in [-0.39, 0.29) is 0 Å². The summed E-state index contributed by atoms with van der Waals surface area (Å²) in [5, 5.41) is 3.41. The molecule has 1 N–H and O–H groups in total. The maximum absolute atomic E-state index is 5.54. The predicted octanol–water partition coefficient (Wildman–Crippen LogP) is 2.78. The highest BCUT2D eigenvalue weighted by molar-refractivity contribution is 5.45. The number of aryl methyl sites for hydroxylation is 2. The minimum Gasteiger partial charge on any atom is -0.496 e. The molecule has 0 atom stereocenters. The maximum Gasteiger partial charge on any atom is 0.122 e. The van der Waals surface area contributed by atoms with Crippen LogP contribution >= 0.6 is 0 Å². The Bertz CT molecular complexity index is 367. The van der Waals surface area contributed by atoms with Crippen molar-refractivity contribution < 1.29 is 4.74 Å². The van der Waals surface area contributed by atoms with Crippen molar-refractivity contribution in [3.05, 3.63) is 28.8 Å². The summed E-state index contributed by atoms with van der Waals surface area (Å²) in [7, 11) is 1.78. The third kappa shape index (κ3) is 2.22. The SMILES string of the molecule is COc1cc(C)cc(C)c1C1CCNCC1. The molecule has 1 aromatic carbocycles. The van der Waals surface area contributed by atoms with Gasteiger partial charge in [-0.25, -0.2) is 0 Å². The molecule has 1 saturated heterocycles.